The van der Waals surface area contributed by atoms with Crippen molar-refractivity contribution in [3.63, 3.8) is 0 Å². The maximum Gasteiger partial charge on any atom is 0.0541 e. The predicted octanol–water partition coefficient (Wildman–Crippen LogP) is 17.4. The van der Waals surface area contributed by atoms with Gasteiger partial charge in [-0.2, -0.15) is 0 Å². The van der Waals surface area contributed by atoms with Gasteiger partial charge in [-0.05, 0) is 132 Å². The molecule has 0 aliphatic carbocycles. The monoisotopic (exact) mass is 816 g/mol. The summed E-state index contributed by atoms with van der Waals surface area (Å²) in [4.78, 5) is 0. The Morgan fingerprint density at radius 3 is 1.36 bits per heavy atom. The molecule has 0 unspecified atom stereocenters. The van der Waals surface area contributed by atoms with Crippen LogP contribution in [0.5, 0.6) is 0 Å². The predicted molar refractivity (Wildman–Crippen MR) is 277 cm³/mol. The van der Waals surface area contributed by atoms with E-state index in [-0.39, 0.29) is 0 Å². The molecule has 0 bridgehead atoms. The summed E-state index contributed by atoms with van der Waals surface area (Å²) in [6.45, 7) is 5.54. The Kier molecular flexibility index (Phi) is 8.98. The van der Waals surface area contributed by atoms with Crippen molar-refractivity contribution in [2.24, 2.45) is 0 Å². The van der Waals surface area contributed by atoms with Gasteiger partial charge in [0.2, 0.25) is 0 Å². The number of aromatic nitrogens is 2. The van der Waals surface area contributed by atoms with Crippen LogP contribution in [0.25, 0.3) is 120 Å². The molecule has 0 N–H and O–H groups in total. The normalized spacial score (nSPS) is 11.6. The molecule has 2 aromatic heterocycles. The Labute approximate surface area is 372 Å². The smallest absolute Gasteiger partial charge is 0.0541 e. The minimum atomic E-state index is 1.08. The van der Waals surface area contributed by atoms with Crippen molar-refractivity contribution < 1.29 is 0 Å². The molecular formula is C62H44N2. The molecule has 0 aliphatic rings. The second kappa shape index (κ2) is 15.3. The Morgan fingerprint density at radius 1 is 0.328 bits per heavy atom. The van der Waals surface area contributed by atoms with Crippen LogP contribution < -0.4 is 0 Å². The van der Waals surface area contributed by atoms with Crippen LogP contribution in [0.15, 0.2) is 231 Å². The lowest BCUT2D eigenvalue weighted by Gasteiger charge is -2.15. The Bertz CT molecular complexity index is 3940. The van der Waals surface area contributed by atoms with Gasteiger partial charge in [0, 0.05) is 32.9 Å². The van der Waals surface area contributed by atoms with Gasteiger partial charge < -0.3 is 9.13 Å². The van der Waals surface area contributed by atoms with Crippen LogP contribution in [0, 0.1) is 0 Å². The van der Waals surface area contributed by atoms with E-state index in [0.29, 0.717) is 0 Å². The number of rotatable bonds is 5. The number of benzene rings is 11. The van der Waals surface area contributed by atoms with Gasteiger partial charge in [-0.25, -0.2) is 0 Å². The van der Waals surface area contributed by atoms with E-state index < -0.39 is 0 Å². The first-order chi connectivity index (χ1) is 31.7. The van der Waals surface area contributed by atoms with Crippen LogP contribution in [0.1, 0.15) is 13.3 Å². The van der Waals surface area contributed by atoms with E-state index in [4.69, 9.17) is 0 Å². The first-order valence-electron chi connectivity index (χ1n) is 22.3. The van der Waals surface area contributed by atoms with Crippen molar-refractivity contribution in [3.8, 4) is 33.6 Å². The lowest BCUT2D eigenvalue weighted by Crippen LogP contribution is -1.95. The van der Waals surface area contributed by atoms with Crippen molar-refractivity contribution in [2.75, 3.05) is 0 Å². The Balaban J connectivity index is 0.00000104. The van der Waals surface area contributed by atoms with Crippen LogP contribution in [0.4, 0.5) is 0 Å². The molecule has 0 amide bonds. The summed E-state index contributed by atoms with van der Waals surface area (Å²) in [5, 5.41) is 15.3. The summed E-state index contributed by atoms with van der Waals surface area (Å²) in [6.07, 6.45) is 2.96. The van der Waals surface area contributed by atoms with Gasteiger partial charge in [-0.15, -0.1) is 6.58 Å². The second-order valence-electron chi connectivity index (χ2n) is 16.8. The average molecular weight is 817 g/mol. The number of allylic oxidation sites excluding steroid dienone is 1. The topological polar surface area (TPSA) is 9.86 Å². The van der Waals surface area contributed by atoms with E-state index in [0.717, 1.165) is 6.42 Å². The molecule has 2 heteroatoms. The zero-order valence-corrected chi connectivity index (χ0v) is 35.7. The molecule has 302 valence electrons. The first kappa shape index (κ1) is 37.6. The molecule has 13 aromatic rings. The van der Waals surface area contributed by atoms with Gasteiger partial charge in [0.1, 0.15) is 0 Å². The Hall–Kier alpha value is -8.20. The Morgan fingerprint density at radius 2 is 0.766 bits per heavy atom. The second-order valence-corrected chi connectivity index (χ2v) is 16.8. The van der Waals surface area contributed by atoms with Crippen molar-refractivity contribution in [2.45, 2.75) is 13.3 Å². The van der Waals surface area contributed by atoms with Gasteiger partial charge in [0.25, 0.3) is 0 Å². The molecule has 0 saturated heterocycles. The summed E-state index contributed by atoms with van der Waals surface area (Å²) < 4.78 is 4.82. The van der Waals surface area contributed by atoms with Gasteiger partial charge in [0.05, 0.1) is 22.1 Å². The van der Waals surface area contributed by atoms with Gasteiger partial charge in [0.15, 0.2) is 0 Å². The van der Waals surface area contributed by atoms with E-state index >= 15 is 0 Å². The third kappa shape index (κ3) is 5.95. The van der Waals surface area contributed by atoms with Gasteiger partial charge in [-0.1, -0.05) is 171 Å². The summed E-state index contributed by atoms with van der Waals surface area (Å²) in [5.74, 6) is 0. The molecular weight excluding hydrogens is 773 g/mol. The standard InChI is InChI=1S/C58H36N2.C4H8/c1-2-13-42(14-3-1)59-54-20-10-8-18-48(54)51-34-40(27-32-56(51)59)37-22-24-38(25-23-37)41-28-33-57-52(35-41)49-19-9-11-21-55(49)60(57)43-29-31-47-45-16-6-7-17-46(45)50-30-26-39-12-4-5-15-44(39)58(50)53(47)36-43;1-3-4-2/h1-36H;3H,1,4H2,2H3. The molecule has 0 radical (unpaired) electrons. The maximum absolute atomic E-state index is 3.48. The maximum atomic E-state index is 3.48. The van der Waals surface area contributed by atoms with E-state index in [9.17, 15) is 0 Å². The SMILES string of the molecule is C=CCC.c1ccc(-n2c3ccccc3c3cc(-c4ccc(-c5ccc6c(c5)c5ccccc5n6-c5ccc6c7ccccc7c7ccc8ccccc8c7c6c5)cc4)ccc32)cc1. The fourth-order valence-corrected chi connectivity index (χ4v) is 10.1. The number of hydrogen-bond acceptors (Lipinski definition) is 0. The highest BCUT2D eigenvalue weighted by molar-refractivity contribution is 6.31. The highest BCUT2D eigenvalue weighted by Gasteiger charge is 2.17. The zero-order valence-electron chi connectivity index (χ0n) is 35.7. The van der Waals surface area contributed by atoms with Crippen molar-refractivity contribution >= 4 is 86.7 Å². The van der Waals surface area contributed by atoms with E-state index in [1.54, 1.807) is 0 Å². The summed E-state index contributed by atoms with van der Waals surface area (Å²) in [6, 6.07) is 80.5. The molecule has 2 heterocycles. The van der Waals surface area contributed by atoms with Crippen molar-refractivity contribution in [1.29, 1.82) is 0 Å². The van der Waals surface area contributed by atoms with Crippen molar-refractivity contribution in [1.82, 2.24) is 9.13 Å². The number of hydrogen-bond donors (Lipinski definition) is 0. The largest absolute Gasteiger partial charge is 0.309 e. The third-order valence-electron chi connectivity index (χ3n) is 13.2. The van der Waals surface area contributed by atoms with E-state index in [1.807, 2.05) is 6.08 Å². The highest BCUT2D eigenvalue weighted by atomic mass is 15.0. The lowest BCUT2D eigenvalue weighted by atomic mass is 9.91. The molecule has 2 nitrogen and oxygen atoms in total. The average Bonchev–Trinajstić information content (AvgIpc) is 3.88. The fraction of sp³-hybridized carbons (Fsp3) is 0.0323. The minimum Gasteiger partial charge on any atom is -0.309 e. The van der Waals surface area contributed by atoms with Crippen LogP contribution in [0.3, 0.4) is 0 Å². The zero-order chi connectivity index (χ0) is 42.7. The van der Waals surface area contributed by atoms with Crippen LogP contribution in [-0.4, -0.2) is 9.13 Å². The van der Waals surface area contributed by atoms with Gasteiger partial charge >= 0.3 is 0 Å². The number of para-hydroxylation sites is 3. The quantitative estimate of drug-likeness (QED) is 0.121. The highest BCUT2D eigenvalue weighted by Crippen LogP contribution is 2.42. The lowest BCUT2D eigenvalue weighted by molar-refractivity contribution is 1.18. The van der Waals surface area contributed by atoms with Crippen molar-refractivity contribution in [3.05, 3.63) is 231 Å². The van der Waals surface area contributed by atoms with Crippen LogP contribution in [0.2, 0.25) is 0 Å². The minimum absolute atomic E-state index is 1.08. The molecule has 0 spiro atoms. The van der Waals surface area contributed by atoms with Crippen LogP contribution >= 0.6 is 0 Å². The number of fused-ring (bicyclic) bond motifs is 14. The molecule has 11 aromatic carbocycles. The summed E-state index contributed by atoms with van der Waals surface area (Å²) >= 11 is 0. The van der Waals surface area contributed by atoms with E-state index in [2.05, 4.69) is 241 Å². The third-order valence-corrected chi connectivity index (χ3v) is 13.2. The van der Waals surface area contributed by atoms with Gasteiger partial charge in [-0.3, -0.25) is 0 Å². The summed E-state index contributed by atoms with van der Waals surface area (Å²) in [7, 11) is 0. The first-order valence-corrected chi connectivity index (χ1v) is 22.3. The molecule has 0 aliphatic heterocycles. The molecule has 0 fully saturated rings. The molecule has 0 atom stereocenters. The van der Waals surface area contributed by atoms with E-state index in [1.165, 1.54) is 120 Å². The molecule has 64 heavy (non-hydrogen) atoms. The molecule has 0 saturated carbocycles. The fourth-order valence-electron chi connectivity index (χ4n) is 10.1. The molecule has 13 rings (SSSR count). The van der Waals surface area contributed by atoms with Crippen LogP contribution in [-0.2, 0) is 0 Å². The summed E-state index contributed by atoms with van der Waals surface area (Å²) in [5.41, 5.74) is 12.0. The number of nitrogens with zero attached hydrogens (tertiary/aromatic N) is 2.